The minimum absolute atomic E-state index is 0.00151. The maximum atomic E-state index is 12.2. The van der Waals surface area contributed by atoms with Crippen molar-refractivity contribution in [2.75, 3.05) is 13.2 Å². The molecular formula is C18H26N2O4. The zero-order valence-electron chi connectivity index (χ0n) is 14.4. The third-order valence-corrected chi connectivity index (χ3v) is 4.08. The van der Waals surface area contributed by atoms with Gasteiger partial charge in [0.2, 0.25) is 5.91 Å². The molecule has 0 bridgehead atoms. The quantitative estimate of drug-likeness (QED) is 0.784. The fraction of sp³-hybridized carbons (Fsp3) is 0.556. The zero-order chi connectivity index (χ0) is 17.4. The zero-order valence-corrected chi connectivity index (χ0v) is 14.4. The Hall–Kier alpha value is -2.24. The Morgan fingerprint density at radius 2 is 1.67 bits per heavy atom. The Labute approximate surface area is 142 Å². The van der Waals surface area contributed by atoms with E-state index in [9.17, 15) is 9.59 Å². The van der Waals surface area contributed by atoms with Crippen LogP contribution in [0.25, 0.3) is 0 Å². The maximum Gasteiger partial charge on any atom is 0.269 e. The molecule has 0 spiro atoms. The highest BCUT2D eigenvalue weighted by Gasteiger charge is 2.21. The Kier molecular flexibility index (Phi) is 6.90. The van der Waals surface area contributed by atoms with Crippen LogP contribution in [-0.4, -0.2) is 25.0 Å². The first-order chi connectivity index (χ1) is 11.7. The molecule has 0 heterocycles. The fourth-order valence-electron chi connectivity index (χ4n) is 2.85. The predicted octanol–water partition coefficient (Wildman–Crippen LogP) is 2.83. The van der Waals surface area contributed by atoms with Crippen molar-refractivity contribution in [2.45, 2.75) is 46.0 Å². The highest BCUT2D eigenvalue weighted by molar-refractivity contribution is 5.96. The highest BCUT2D eigenvalue weighted by atomic mass is 16.5. The van der Waals surface area contributed by atoms with Crippen LogP contribution in [0.2, 0.25) is 0 Å². The van der Waals surface area contributed by atoms with Crippen molar-refractivity contribution in [2.24, 2.45) is 5.92 Å². The molecule has 24 heavy (non-hydrogen) atoms. The molecule has 2 amide bonds. The van der Waals surface area contributed by atoms with Crippen molar-refractivity contribution < 1.29 is 19.1 Å². The molecule has 1 saturated carbocycles. The van der Waals surface area contributed by atoms with E-state index in [1.54, 1.807) is 18.2 Å². The van der Waals surface area contributed by atoms with E-state index in [0.717, 1.165) is 25.7 Å². The molecule has 1 aromatic carbocycles. The van der Waals surface area contributed by atoms with Crippen LogP contribution in [0.4, 0.5) is 0 Å². The summed E-state index contributed by atoms with van der Waals surface area (Å²) in [6.45, 7) is 4.75. The number of hydrazine groups is 1. The molecular weight excluding hydrogens is 308 g/mol. The van der Waals surface area contributed by atoms with Gasteiger partial charge in [-0.1, -0.05) is 19.3 Å². The van der Waals surface area contributed by atoms with Crippen molar-refractivity contribution in [1.82, 2.24) is 10.9 Å². The average molecular weight is 334 g/mol. The van der Waals surface area contributed by atoms with E-state index < -0.39 is 0 Å². The van der Waals surface area contributed by atoms with Crippen LogP contribution < -0.4 is 20.3 Å². The molecule has 0 radical (unpaired) electrons. The summed E-state index contributed by atoms with van der Waals surface area (Å²) in [6, 6.07) is 4.97. The SMILES string of the molecule is CCOc1ccc(C(=O)NNC(=O)C2CCCCC2)cc1OCC. The van der Waals surface area contributed by atoms with Crippen molar-refractivity contribution in [3.63, 3.8) is 0 Å². The number of hydrogen-bond donors (Lipinski definition) is 2. The van der Waals surface area contributed by atoms with Crippen molar-refractivity contribution in [3.8, 4) is 11.5 Å². The summed E-state index contributed by atoms with van der Waals surface area (Å²) >= 11 is 0. The summed E-state index contributed by atoms with van der Waals surface area (Å²) in [7, 11) is 0. The van der Waals surface area contributed by atoms with Gasteiger partial charge in [0.05, 0.1) is 13.2 Å². The van der Waals surface area contributed by atoms with Gasteiger partial charge in [-0.05, 0) is 44.9 Å². The number of ether oxygens (including phenoxy) is 2. The van der Waals surface area contributed by atoms with Gasteiger partial charge >= 0.3 is 0 Å². The van der Waals surface area contributed by atoms with E-state index in [1.807, 2.05) is 13.8 Å². The van der Waals surface area contributed by atoms with Crippen LogP contribution in [-0.2, 0) is 4.79 Å². The van der Waals surface area contributed by atoms with Crippen LogP contribution in [0, 0.1) is 5.92 Å². The summed E-state index contributed by atoms with van der Waals surface area (Å²) in [5.74, 6) is 0.633. The summed E-state index contributed by atoms with van der Waals surface area (Å²) in [5, 5.41) is 0. The van der Waals surface area contributed by atoms with Crippen LogP contribution in [0.1, 0.15) is 56.3 Å². The first-order valence-electron chi connectivity index (χ1n) is 8.65. The van der Waals surface area contributed by atoms with E-state index in [-0.39, 0.29) is 17.7 Å². The predicted molar refractivity (Wildman–Crippen MR) is 91.0 cm³/mol. The molecule has 1 aliphatic rings. The molecule has 132 valence electrons. The lowest BCUT2D eigenvalue weighted by Crippen LogP contribution is -2.44. The summed E-state index contributed by atoms with van der Waals surface area (Å²) in [5.41, 5.74) is 5.42. The monoisotopic (exact) mass is 334 g/mol. The van der Waals surface area contributed by atoms with Crippen LogP contribution in [0.15, 0.2) is 18.2 Å². The molecule has 2 rings (SSSR count). The molecule has 0 aromatic heterocycles. The van der Waals surface area contributed by atoms with Gasteiger partial charge in [-0.15, -0.1) is 0 Å². The van der Waals surface area contributed by atoms with Gasteiger partial charge in [-0.2, -0.15) is 0 Å². The fourth-order valence-corrected chi connectivity index (χ4v) is 2.85. The van der Waals surface area contributed by atoms with Gasteiger partial charge in [0.25, 0.3) is 5.91 Å². The Morgan fingerprint density at radius 3 is 2.33 bits per heavy atom. The Balaban J connectivity index is 1.95. The number of carbonyl (C=O) groups is 2. The van der Waals surface area contributed by atoms with Crippen molar-refractivity contribution in [1.29, 1.82) is 0 Å². The van der Waals surface area contributed by atoms with Crippen molar-refractivity contribution >= 4 is 11.8 Å². The summed E-state index contributed by atoms with van der Waals surface area (Å²) in [4.78, 5) is 24.3. The number of nitrogens with one attached hydrogen (secondary N) is 2. The van der Waals surface area contributed by atoms with E-state index >= 15 is 0 Å². The third kappa shape index (κ3) is 4.88. The standard InChI is InChI=1S/C18H26N2O4/c1-3-23-15-11-10-14(12-16(15)24-4-2)18(22)20-19-17(21)13-8-6-5-7-9-13/h10-13H,3-9H2,1-2H3,(H,19,21)(H,20,22). The molecule has 0 saturated heterocycles. The number of benzene rings is 1. The second kappa shape index (κ2) is 9.15. The second-order valence-electron chi connectivity index (χ2n) is 5.81. The normalized spacial score (nSPS) is 14.8. The second-order valence-corrected chi connectivity index (χ2v) is 5.81. The number of amides is 2. The molecule has 0 unspecified atom stereocenters. The smallest absolute Gasteiger partial charge is 0.269 e. The Morgan fingerprint density at radius 1 is 1.00 bits per heavy atom. The van der Waals surface area contributed by atoms with Gasteiger partial charge in [-0.25, -0.2) is 0 Å². The number of rotatable bonds is 6. The van der Waals surface area contributed by atoms with Crippen LogP contribution in [0.5, 0.6) is 11.5 Å². The number of carbonyl (C=O) groups excluding carboxylic acids is 2. The third-order valence-electron chi connectivity index (χ3n) is 4.08. The lowest BCUT2D eigenvalue weighted by molar-refractivity contribution is -0.126. The molecule has 1 aromatic rings. The van der Waals surface area contributed by atoms with Crippen molar-refractivity contribution in [3.05, 3.63) is 23.8 Å². The van der Waals surface area contributed by atoms with E-state index in [2.05, 4.69) is 10.9 Å². The van der Waals surface area contributed by atoms with Gasteiger partial charge in [0, 0.05) is 11.5 Å². The first-order valence-corrected chi connectivity index (χ1v) is 8.65. The summed E-state index contributed by atoms with van der Waals surface area (Å²) < 4.78 is 11.0. The largest absolute Gasteiger partial charge is 0.490 e. The van der Waals surface area contributed by atoms with E-state index in [1.165, 1.54) is 6.42 Å². The van der Waals surface area contributed by atoms with Gasteiger partial charge in [-0.3, -0.25) is 20.4 Å². The first kappa shape index (κ1) is 18.1. The number of hydrogen-bond acceptors (Lipinski definition) is 4. The average Bonchev–Trinajstić information content (AvgIpc) is 2.62. The van der Waals surface area contributed by atoms with Crippen LogP contribution in [0.3, 0.4) is 0 Å². The minimum Gasteiger partial charge on any atom is -0.490 e. The molecule has 1 fully saturated rings. The topological polar surface area (TPSA) is 76.7 Å². The summed E-state index contributed by atoms with van der Waals surface area (Å²) in [6.07, 6.45) is 5.10. The lowest BCUT2D eigenvalue weighted by Gasteiger charge is -2.20. The van der Waals surface area contributed by atoms with Gasteiger partial charge in [0.15, 0.2) is 11.5 Å². The lowest BCUT2D eigenvalue weighted by atomic mass is 9.89. The molecule has 0 atom stereocenters. The highest BCUT2D eigenvalue weighted by Crippen LogP contribution is 2.28. The molecule has 6 nitrogen and oxygen atoms in total. The van der Waals surface area contributed by atoms with Gasteiger partial charge in [0.1, 0.15) is 0 Å². The maximum absolute atomic E-state index is 12.2. The van der Waals surface area contributed by atoms with Gasteiger partial charge < -0.3 is 9.47 Å². The molecule has 6 heteroatoms. The van der Waals surface area contributed by atoms with E-state index in [0.29, 0.717) is 30.3 Å². The molecule has 1 aliphatic carbocycles. The van der Waals surface area contributed by atoms with Crippen LogP contribution >= 0.6 is 0 Å². The molecule has 0 aliphatic heterocycles. The Bertz CT molecular complexity index is 568. The van der Waals surface area contributed by atoms with E-state index in [4.69, 9.17) is 9.47 Å². The molecule has 2 N–H and O–H groups in total. The minimum atomic E-state index is -0.372.